The van der Waals surface area contributed by atoms with Crippen LogP contribution in [0.4, 0.5) is 4.39 Å². The predicted molar refractivity (Wildman–Crippen MR) is 136 cm³/mol. The zero-order chi connectivity index (χ0) is 21.8. The summed E-state index contributed by atoms with van der Waals surface area (Å²) in [7, 11) is 0. The average Bonchev–Trinajstić information content (AvgIpc) is 2.76. The van der Waals surface area contributed by atoms with Crippen LogP contribution in [-0.2, 0) is 0 Å². The van der Waals surface area contributed by atoms with Crippen molar-refractivity contribution in [2.45, 2.75) is 109 Å². The Balaban J connectivity index is 3.74. The number of hydrogen-bond acceptors (Lipinski definition) is 0. The van der Waals surface area contributed by atoms with Gasteiger partial charge in [0.15, 0.2) is 0 Å². The summed E-state index contributed by atoms with van der Waals surface area (Å²) in [6.07, 6.45) is 7.80. The molecule has 0 aliphatic carbocycles. The Morgan fingerprint density at radius 3 is 1.62 bits per heavy atom. The molecule has 3 heteroatoms. The second-order valence-electron chi connectivity index (χ2n) is 9.05. The van der Waals surface area contributed by atoms with Crippen molar-refractivity contribution in [2.24, 2.45) is 0 Å². The van der Waals surface area contributed by atoms with Gasteiger partial charge < -0.3 is 0 Å². The fraction of sp³-hybridized carbons (Fsp3) is 0.692. The van der Waals surface area contributed by atoms with E-state index >= 15 is 4.39 Å². The van der Waals surface area contributed by atoms with Gasteiger partial charge in [-0.25, -0.2) is 0 Å². The molecular weight excluding hydrogens is 523 g/mol. The molecule has 0 spiro atoms. The fourth-order valence-electron chi connectivity index (χ4n) is 4.88. The first-order chi connectivity index (χ1) is 14.0. The van der Waals surface area contributed by atoms with E-state index < -0.39 is 31.6 Å². The Labute approximate surface area is 188 Å². The Kier molecular flexibility index (Phi) is 13.5. The van der Waals surface area contributed by atoms with Crippen molar-refractivity contribution >= 4 is 35.2 Å². The van der Waals surface area contributed by atoms with Crippen molar-refractivity contribution in [1.82, 2.24) is 0 Å². The number of halogens is 1. The summed E-state index contributed by atoms with van der Waals surface area (Å²) in [5, 5.41) is 4.01. The van der Waals surface area contributed by atoms with Crippen molar-refractivity contribution in [1.29, 1.82) is 0 Å². The molecule has 0 amide bonds. The van der Waals surface area contributed by atoms with Crippen molar-refractivity contribution in [3.8, 4) is 0 Å². The van der Waals surface area contributed by atoms with Gasteiger partial charge in [-0.2, -0.15) is 0 Å². The summed E-state index contributed by atoms with van der Waals surface area (Å²) < 4.78 is 21.1. The Hall–Kier alpha value is 0.232. The van der Waals surface area contributed by atoms with Gasteiger partial charge in [0.1, 0.15) is 0 Å². The maximum absolute atomic E-state index is 15.2. The molecule has 166 valence electrons. The molecule has 0 saturated carbocycles. The number of hydrogen-bond donors (Lipinski definition) is 0. The second-order valence-corrected chi connectivity index (χ2v) is 33.0. The summed E-state index contributed by atoms with van der Waals surface area (Å²) in [6.45, 7) is 14.2. The molecule has 0 atom stereocenters. The third-order valence-corrected chi connectivity index (χ3v) is 35.5. The van der Waals surface area contributed by atoms with Crippen LogP contribution in [0.3, 0.4) is 0 Å². The summed E-state index contributed by atoms with van der Waals surface area (Å²) in [4.78, 5) is 2.81. The van der Waals surface area contributed by atoms with E-state index in [4.69, 9.17) is 0 Å². The van der Waals surface area contributed by atoms with E-state index in [-0.39, 0.29) is 5.82 Å². The van der Waals surface area contributed by atoms with Crippen molar-refractivity contribution in [3.05, 3.63) is 40.6 Å². The molecule has 0 aromatic heterocycles. The number of rotatable bonds is 15. The molecule has 1 aromatic carbocycles. The van der Waals surface area contributed by atoms with Gasteiger partial charge in [-0.15, -0.1) is 0 Å². The SMILES string of the molecule is CCC[CH2][Sn]([CH2]CCC)([CH2]CCC)/[C](=[CH]\[Ge]([CH2]C)([CH2]C)[CH2]C)c1ccccc1F. The second kappa shape index (κ2) is 14.3. The van der Waals surface area contributed by atoms with E-state index in [1.807, 2.05) is 6.07 Å². The van der Waals surface area contributed by atoms with Gasteiger partial charge in [-0.1, -0.05) is 0 Å². The van der Waals surface area contributed by atoms with Gasteiger partial charge >= 0.3 is 189 Å². The number of unbranched alkanes of at least 4 members (excludes halogenated alkanes) is 3. The van der Waals surface area contributed by atoms with Crippen LogP contribution in [-0.4, -0.2) is 31.6 Å². The van der Waals surface area contributed by atoms with Crippen LogP contribution in [0.5, 0.6) is 0 Å². The minimum absolute atomic E-state index is 0.0314. The monoisotopic (exact) mass is 572 g/mol. The van der Waals surface area contributed by atoms with Crippen molar-refractivity contribution < 1.29 is 4.39 Å². The van der Waals surface area contributed by atoms with Gasteiger partial charge in [-0.05, 0) is 0 Å². The molecule has 1 rings (SSSR count). The summed E-state index contributed by atoms with van der Waals surface area (Å²) in [5.74, 6) is 0.0314. The molecule has 0 heterocycles. The maximum atomic E-state index is 15.2. The van der Waals surface area contributed by atoms with Crippen LogP contribution < -0.4 is 0 Å². The molecule has 0 aliphatic heterocycles. The Morgan fingerprint density at radius 1 is 0.793 bits per heavy atom. The predicted octanol–water partition coefficient (Wildman–Crippen LogP) is 9.65. The van der Waals surface area contributed by atoms with Crippen LogP contribution in [0, 0.1) is 5.82 Å². The quantitative estimate of drug-likeness (QED) is 0.184. The molecule has 0 saturated heterocycles. The Morgan fingerprint density at radius 2 is 1.24 bits per heavy atom. The van der Waals surface area contributed by atoms with E-state index in [1.54, 1.807) is 9.66 Å². The first-order valence-corrected chi connectivity index (χ1v) is 25.6. The third-order valence-electron chi connectivity index (χ3n) is 7.32. The molecule has 1 aromatic rings. The molecule has 29 heavy (non-hydrogen) atoms. The van der Waals surface area contributed by atoms with Gasteiger partial charge in [0.25, 0.3) is 0 Å². The first-order valence-electron chi connectivity index (χ1n) is 12.5. The normalized spacial score (nSPS) is 13.1. The third kappa shape index (κ3) is 7.70. The fourth-order valence-corrected chi connectivity index (χ4v) is 36.1. The van der Waals surface area contributed by atoms with Crippen LogP contribution in [0.25, 0.3) is 3.59 Å². The molecule has 0 unspecified atom stereocenters. The van der Waals surface area contributed by atoms with Crippen LogP contribution in [0.15, 0.2) is 29.2 Å². The van der Waals surface area contributed by atoms with E-state index in [2.05, 4.69) is 58.6 Å². The summed E-state index contributed by atoms with van der Waals surface area (Å²) in [5.41, 5.74) is 0.997. The zero-order valence-corrected chi connectivity index (χ0v) is 25.2. The molecule has 0 fully saturated rings. The van der Waals surface area contributed by atoms with Gasteiger partial charge in [0.05, 0.1) is 0 Å². The first kappa shape index (κ1) is 27.3. The van der Waals surface area contributed by atoms with E-state index in [1.165, 1.54) is 67.6 Å². The van der Waals surface area contributed by atoms with Gasteiger partial charge in [0, 0.05) is 0 Å². The topological polar surface area (TPSA) is 0 Å². The molecule has 0 nitrogen and oxygen atoms in total. The molecule has 0 radical (unpaired) electrons. The number of benzene rings is 1. The van der Waals surface area contributed by atoms with Crippen LogP contribution in [0.2, 0.25) is 29.1 Å². The van der Waals surface area contributed by atoms with Gasteiger partial charge in [0.2, 0.25) is 0 Å². The standard InChI is InChI=1S/C14H20FGe.3C4H9.Sn/c1-4-16(5-2,6-3)12-11-13-9-7-8-10-14(13)15;3*1-3-4-2;/h7-10,12H,4-6H2,1-3H3;3*1,3-4H2,2H3;. The average molecular weight is 570 g/mol. The van der Waals surface area contributed by atoms with Crippen LogP contribution >= 0.6 is 0 Å². The molecule has 0 bridgehead atoms. The van der Waals surface area contributed by atoms with Crippen molar-refractivity contribution in [2.75, 3.05) is 0 Å². The van der Waals surface area contributed by atoms with E-state index in [0.717, 1.165) is 5.56 Å². The van der Waals surface area contributed by atoms with E-state index in [0.29, 0.717) is 0 Å². The molecule has 0 aliphatic rings. The zero-order valence-electron chi connectivity index (χ0n) is 20.2. The Bertz CT molecular complexity index is 576. The van der Waals surface area contributed by atoms with Crippen LogP contribution in [0.1, 0.15) is 85.6 Å². The molecule has 0 N–H and O–H groups in total. The van der Waals surface area contributed by atoms with Crippen molar-refractivity contribution in [3.63, 3.8) is 0 Å². The summed E-state index contributed by atoms with van der Waals surface area (Å²) in [6, 6.07) is 7.76. The summed E-state index contributed by atoms with van der Waals surface area (Å²) >= 11 is -4.80. The molecular formula is C26H47FGeSn. The van der Waals surface area contributed by atoms with E-state index in [9.17, 15) is 0 Å². The minimum atomic E-state index is -2.72. The van der Waals surface area contributed by atoms with Gasteiger partial charge in [-0.3, -0.25) is 0 Å².